The molecule has 25 heavy (non-hydrogen) atoms. The SMILES string of the molecule is CNC(=O)[C@H]1CN(C(=O)c2cccc(Oc3ccccc3)c2)CCN1. The van der Waals surface area contributed by atoms with E-state index in [4.69, 9.17) is 4.74 Å². The first-order valence-electron chi connectivity index (χ1n) is 8.24. The van der Waals surface area contributed by atoms with Crippen molar-refractivity contribution in [3.63, 3.8) is 0 Å². The summed E-state index contributed by atoms with van der Waals surface area (Å²) in [7, 11) is 1.59. The molecule has 0 aromatic heterocycles. The second kappa shape index (κ2) is 7.81. The van der Waals surface area contributed by atoms with Gasteiger partial charge in [-0.2, -0.15) is 0 Å². The van der Waals surface area contributed by atoms with Gasteiger partial charge in [-0.3, -0.25) is 9.59 Å². The first-order chi connectivity index (χ1) is 12.2. The quantitative estimate of drug-likeness (QED) is 0.888. The highest BCUT2D eigenvalue weighted by Crippen LogP contribution is 2.22. The summed E-state index contributed by atoms with van der Waals surface area (Å²) in [5, 5.41) is 5.73. The van der Waals surface area contributed by atoms with Gasteiger partial charge in [-0.05, 0) is 30.3 Å². The summed E-state index contributed by atoms with van der Waals surface area (Å²) in [5.41, 5.74) is 0.547. The fraction of sp³-hybridized carbons (Fsp3) is 0.263. The number of likely N-dealkylation sites (N-methyl/N-ethyl adjacent to an activating group) is 1. The molecule has 1 fully saturated rings. The Balaban J connectivity index is 1.72. The molecule has 130 valence electrons. The zero-order chi connectivity index (χ0) is 17.6. The Morgan fingerprint density at radius 3 is 2.64 bits per heavy atom. The van der Waals surface area contributed by atoms with Crippen LogP contribution in [0.3, 0.4) is 0 Å². The van der Waals surface area contributed by atoms with E-state index in [9.17, 15) is 9.59 Å². The number of rotatable bonds is 4. The monoisotopic (exact) mass is 339 g/mol. The Hall–Kier alpha value is -2.86. The van der Waals surface area contributed by atoms with Gasteiger partial charge in [0, 0.05) is 32.2 Å². The zero-order valence-corrected chi connectivity index (χ0v) is 14.1. The van der Waals surface area contributed by atoms with Crippen LogP contribution in [0.1, 0.15) is 10.4 Å². The van der Waals surface area contributed by atoms with E-state index in [0.29, 0.717) is 36.7 Å². The lowest BCUT2D eigenvalue weighted by Crippen LogP contribution is -2.57. The van der Waals surface area contributed by atoms with E-state index in [-0.39, 0.29) is 17.9 Å². The molecule has 3 rings (SSSR count). The van der Waals surface area contributed by atoms with Crippen molar-refractivity contribution >= 4 is 11.8 Å². The highest BCUT2D eigenvalue weighted by atomic mass is 16.5. The number of hydrogen-bond donors (Lipinski definition) is 2. The van der Waals surface area contributed by atoms with Gasteiger partial charge in [0.25, 0.3) is 5.91 Å². The summed E-state index contributed by atoms with van der Waals surface area (Å²) in [6.45, 7) is 1.50. The van der Waals surface area contributed by atoms with Crippen LogP contribution in [-0.4, -0.2) is 49.4 Å². The molecule has 0 unspecified atom stereocenters. The zero-order valence-electron chi connectivity index (χ0n) is 14.1. The van der Waals surface area contributed by atoms with Gasteiger partial charge in [-0.1, -0.05) is 24.3 Å². The molecule has 1 heterocycles. The lowest BCUT2D eigenvalue weighted by atomic mass is 10.1. The molecule has 1 atom stereocenters. The Morgan fingerprint density at radius 1 is 1.12 bits per heavy atom. The molecule has 0 bridgehead atoms. The molecule has 6 nitrogen and oxygen atoms in total. The standard InChI is InChI=1S/C19H21N3O3/c1-20-18(23)17-13-22(11-10-21-17)19(24)14-6-5-9-16(12-14)25-15-7-3-2-4-8-15/h2-9,12,17,21H,10-11,13H2,1H3,(H,20,23)/t17-/m1/s1. The second-order valence-electron chi connectivity index (χ2n) is 5.82. The number of benzene rings is 2. The van der Waals surface area contributed by atoms with Crippen molar-refractivity contribution in [3.8, 4) is 11.5 Å². The van der Waals surface area contributed by atoms with Crippen molar-refractivity contribution in [2.24, 2.45) is 0 Å². The molecule has 1 saturated heterocycles. The molecule has 0 saturated carbocycles. The van der Waals surface area contributed by atoms with Crippen molar-refractivity contribution in [2.45, 2.75) is 6.04 Å². The third kappa shape index (κ3) is 4.16. The lowest BCUT2D eigenvalue weighted by Gasteiger charge is -2.32. The number of ether oxygens (including phenoxy) is 1. The summed E-state index contributed by atoms with van der Waals surface area (Å²) in [5.74, 6) is 1.11. The first-order valence-corrected chi connectivity index (χ1v) is 8.24. The topological polar surface area (TPSA) is 70.7 Å². The van der Waals surface area contributed by atoms with Crippen LogP contribution in [0.4, 0.5) is 0 Å². The number of carbonyl (C=O) groups excluding carboxylic acids is 2. The van der Waals surface area contributed by atoms with Gasteiger partial charge in [-0.25, -0.2) is 0 Å². The average Bonchev–Trinajstić information content (AvgIpc) is 2.68. The average molecular weight is 339 g/mol. The summed E-state index contributed by atoms with van der Waals surface area (Å²) >= 11 is 0. The molecule has 6 heteroatoms. The molecule has 0 radical (unpaired) electrons. The van der Waals surface area contributed by atoms with Gasteiger partial charge >= 0.3 is 0 Å². The maximum Gasteiger partial charge on any atom is 0.254 e. The number of hydrogen-bond acceptors (Lipinski definition) is 4. The van der Waals surface area contributed by atoms with E-state index >= 15 is 0 Å². The van der Waals surface area contributed by atoms with Gasteiger partial charge in [-0.15, -0.1) is 0 Å². The van der Waals surface area contributed by atoms with Crippen molar-refractivity contribution in [3.05, 3.63) is 60.2 Å². The fourth-order valence-corrected chi connectivity index (χ4v) is 2.78. The lowest BCUT2D eigenvalue weighted by molar-refractivity contribution is -0.123. The van der Waals surface area contributed by atoms with Crippen LogP contribution in [0, 0.1) is 0 Å². The molecular formula is C19H21N3O3. The van der Waals surface area contributed by atoms with E-state index in [1.165, 1.54) is 0 Å². The summed E-state index contributed by atoms with van der Waals surface area (Å²) in [6, 6.07) is 16.1. The maximum absolute atomic E-state index is 12.8. The molecule has 0 spiro atoms. The van der Waals surface area contributed by atoms with E-state index in [0.717, 1.165) is 0 Å². The van der Waals surface area contributed by atoms with Crippen LogP contribution in [0.5, 0.6) is 11.5 Å². The molecule has 1 aliphatic rings. The Morgan fingerprint density at radius 2 is 1.88 bits per heavy atom. The number of amides is 2. The smallest absolute Gasteiger partial charge is 0.254 e. The third-order valence-electron chi connectivity index (χ3n) is 4.09. The highest BCUT2D eigenvalue weighted by molar-refractivity contribution is 5.95. The summed E-state index contributed by atoms with van der Waals surface area (Å²) in [4.78, 5) is 26.3. The summed E-state index contributed by atoms with van der Waals surface area (Å²) < 4.78 is 5.79. The minimum Gasteiger partial charge on any atom is -0.457 e. The normalized spacial score (nSPS) is 17.0. The van der Waals surface area contributed by atoms with Crippen molar-refractivity contribution in [2.75, 3.05) is 26.7 Å². The van der Waals surface area contributed by atoms with Crippen LogP contribution in [0.15, 0.2) is 54.6 Å². The van der Waals surface area contributed by atoms with Crippen LogP contribution < -0.4 is 15.4 Å². The van der Waals surface area contributed by atoms with Crippen LogP contribution in [0.2, 0.25) is 0 Å². The Labute approximate surface area is 146 Å². The molecule has 2 N–H and O–H groups in total. The predicted octanol–water partition coefficient (Wildman–Crippen LogP) is 1.64. The number of carbonyl (C=O) groups is 2. The van der Waals surface area contributed by atoms with Crippen molar-refractivity contribution in [1.29, 1.82) is 0 Å². The van der Waals surface area contributed by atoms with Gasteiger partial charge in [0.2, 0.25) is 5.91 Å². The van der Waals surface area contributed by atoms with Crippen molar-refractivity contribution < 1.29 is 14.3 Å². The molecule has 2 amide bonds. The number of piperazine rings is 1. The molecule has 0 aliphatic carbocycles. The number of nitrogens with zero attached hydrogens (tertiary/aromatic N) is 1. The Bertz CT molecular complexity index is 749. The van der Waals surface area contributed by atoms with Gasteiger partial charge in [0.05, 0.1) is 0 Å². The van der Waals surface area contributed by atoms with E-state index < -0.39 is 0 Å². The third-order valence-corrected chi connectivity index (χ3v) is 4.09. The van der Waals surface area contributed by atoms with Crippen LogP contribution in [0.25, 0.3) is 0 Å². The molecule has 2 aromatic carbocycles. The van der Waals surface area contributed by atoms with E-state index in [1.54, 1.807) is 30.1 Å². The van der Waals surface area contributed by atoms with Gasteiger partial charge in [0.1, 0.15) is 17.5 Å². The number of para-hydroxylation sites is 1. The van der Waals surface area contributed by atoms with Gasteiger partial charge in [0.15, 0.2) is 0 Å². The largest absolute Gasteiger partial charge is 0.457 e. The molecular weight excluding hydrogens is 318 g/mol. The minimum absolute atomic E-state index is 0.103. The molecule has 2 aromatic rings. The van der Waals surface area contributed by atoms with E-state index in [1.807, 2.05) is 36.4 Å². The van der Waals surface area contributed by atoms with E-state index in [2.05, 4.69) is 10.6 Å². The predicted molar refractivity (Wildman–Crippen MR) is 94.7 cm³/mol. The molecule has 1 aliphatic heterocycles. The maximum atomic E-state index is 12.8. The van der Waals surface area contributed by atoms with Crippen LogP contribution >= 0.6 is 0 Å². The number of nitrogens with one attached hydrogen (secondary N) is 2. The van der Waals surface area contributed by atoms with Crippen molar-refractivity contribution in [1.82, 2.24) is 15.5 Å². The van der Waals surface area contributed by atoms with Crippen LogP contribution in [-0.2, 0) is 4.79 Å². The highest BCUT2D eigenvalue weighted by Gasteiger charge is 2.28. The summed E-state index contributed by atoms with van der Waals surface area (Å²) in [6.07, 6.45) is 0. The first kappa shape index (κ1) is 17.0. The van der Waals surface area contributed by atoms with Gasteiger partial charge < -0.3 is 20.3 Å². The minimum atomic E-state index is -0.383. The Kier molecular flexibility index (Phi) is 5.30. The second-order valence-corrected chi connectivity index (χ2v) is 5.82. The fourth-order valence-electron chi connectivity index (χ4n) is 2.78.